The number of pyridine rings is 2. The molecule has 3 aliphatic rings. The summed E-state index contributed by atoms with van der Waals surface area (Å²) in [4.78, 5) is 58.1. The third-order valence-corrected chi connectivity index (χ3v) is 8.92. The summed E-state index contributed by atoms with van der Waals surface area (Å²) in [5, 5.41) is 3.69. The van der Waals surface area contributed by atoms with Gasteiger partial charge in [-0.25, -0.2) is 0 Å². The number of aromatic nitrogens is 2. The molecular formula is C33H31N5O6. The van der Waals surface area contributed by atoms with Gasteiger partial charge in [0, 0.05) is 69.4 Å². The quantitative estimate of drug-likeness (QED) is 0.339. The third kappa shape index (κ3) is 4.51. The Morgan fingerprint density at radius 3 is 2.34 bits per heavy atom. The number of nitrogens with zero attached hydrogens (tertiary/aromatic N) is 4. The molecule has 1 N–H and O–H groups in total. The highest BCUT2D eigenvalue weighted by Crippen LogP contribution is 2.40. The first kappa shape index (κ1) is 27.8. The molecule has 5 heterocycles. The number of carbonyl (C=O) groups is 3. The summed E-state index contributed by atoms with van der Waals surface area (Å²) in [5.41, 5.74) is 6.24. The average molecular weight is 594 g/mol. The molecule has 1 fully saturated rings. The molecule has 4 aromatic rings. The zero-order chi connectivity index (χ0) is 30.7. The van der Waals surface area contributed by atoms with Crippen molar-refractivity contribution in [2.24, 2.45) is 7.05 Å². The molecule has 11 nitrogen and oxygen atoms in total. The summed E-state index contributed by atoms with van der Waals surface area (Å²) in [7, 11) is 4.99. The monoisotopic (exact) mass is 593 g/mol. The van der Waals surface area contributed by atoms with Crippen LogP contribution in [-0.4, -0.2) is 57.3 Å². The third-order valence-electron chi connectivity index (χ3n) is 8.92. The maximum atomic E-state index is 13.3. The van der Waals surface area contributed by atoms with Crippen LogP contribution in [0.25, 0.3) is 21.9 Å². The summed E-state index contributed by atoms with van der Waals surface area (Å²) in [6, 6.07) is 9.18. The SMILES string of the molecule is COc1cc(-c2cn(C)c(=O)c3cnccc23)cc(OC)c1CN1Cc2cc3c(cc2C1)C(=O)N(C1CCC(=O)NC1=O)C3. The summed E-state index contributed by atoms with van der Waals surface area (Å²) in [6.45, 7) is 2.23. The van der Waals surface area contributed by atoms with Gasteiger partial charge < -0.3 is 18.9 Å². The van der Waals surface area contributed by atoms with Gasteiger partial charge in [0.15, 0.2) is 0 Å². The molecule has 1 atom stereocenters. The van der Waals surface area contributed by atoms with Gasteiger partial charge in [0.25, 0.3) is 11.5 Å². The van der Waals surface area contributed by atoms with Gasteiger partial charge in [-0.1, -0.05) is 6.07 Å². The van der Waals surface area contributed by atoms with Crippen molar-refractivity contribution in [1.82, 2.24) is 24.7 Å². The Morgan fingerprint density at radius 1 is 0.909 bits per heavy atom. The first-order valence-electron chi connectivity index (χ1n) is 14.5. The van der Waals surface area contributed by atoms with Crippen LogP contribution in [0.15, 0.2) is 53.7 Å². The van der Waals surface area contributed by atoms with E-state index in [-0.39, 0.29) is 23.8 Å². The fourth-order valence-electron chi connectivity index (χ4n) is 6.72. The Bertz CT molecular complexity index is 1920. The second-order valence-corrected chi connectivity index (χ2v) is 11.6. The molecule has 2 aromatic heterocycles. The van der Waals surface area contributed by atoms with Gasteiger partial charge in [0.2, 0.25) is 11.8 Å². The predicted molar refractivity (Wildman–Crippen MR) is 161 cm³/mol. The maximum Gasteiger partial charge on any atom is 0.259 e. The summed E-state index contributed by atoms with van der Waals surface area (Å²) in [6.07, 6.45) is 5.66. The number of hydrogen-bond donors (Lipinski definition) is 1. The van der Waals surface area contributed by atoms with Gasteiger partial charge in [0.1, 0.15) is 17.5 Å². The molecule has 3 aliphatic heterocycles. The van der Waals surface area contributed by atoms with E-state index in [9.17, 15) is 19.2 Å². The molecule has 44 heavy (non-hydrogen) atoms. The fourth-order valence-corrected chi connectivity index (χ4v) is 6.72. The lowest BCUT2D eigenvalue weighted by molar-refractivity contribution is -0.136. The molecule has 3 amide bonds. The van der Waals surface area contributed by atoms with E-state index in [4.69, 9.17) is 9.47 Å². The first-order valence-corrected chi connectivity index (χ1v) is 14.5. The van der Waals surface area contributed by atoms with Crippen molar-refractivity contribution in [2.75, 3.05) is 14.2 Å². The highest BCUT2D eigenvalue weighted by molar-refractivity contribution is 6.05. The van der Waals surface area contributed by atoms with E-state index < -0.39 is 11.9 Å². The van der Waals surface area contributed by atoms with Crippen molar-refractivity contribution in [1.29, 1.82) is 0 Å². The van der Waals surface area contributed by atoms with Crippen LogP contribution >= 0.6 is 0 Å². The van der Waals surface area contributed by atoms with Gasteiger partial charge in [-0.3, -0.25) is 34.4 Å². The first-order chi connectivity index (χ1) is 21.2. The van der Waals surface area contributed by atoms with E-state index in [1.165, 1.54) is 0 Å². The van der Waals surface area contributed by atoms with Crippen LogP contribution in [-0.2, 0) is 42.8 Å². The van der Waals surface area contributed by atoms with Crippen LogP contribution < -0.4 is 20.3 Å². The molecule has 0 spiro atoms. The largest absolute Gasteiger partial charge is 0.496 e. The van der Waals surface area contributed by atoms with Crippen LogP contribution in [0.4, 0.5) is 0 Å². The fraction of sp³-hybridized carbons (Fsp3) is 0.303. The molecular weight excluding hydrogens is 562 g/mol. The highest BCUT2D eigenvalue weighted by Gasteiger charge is 2.40. The summed E-state index contributed by atoms with van der Waals surface area (Å²) < 4.78 is 13.3. The smallest absolute Gasteiger partial charge is 0.259 e. The number of benzene rings is 2. The van der Waals surface area contributed by atoms with E-state index in [1.807, 2.05) is 30.5 Å². The van der Waals surface area contributed by atoms with E-state index in [2.05, 4.69) is 21.3 Å². The van der Waals surface area contributed by atoms with Crippen molar-refractivity contribution in [3.05, 3.63) is 87.1 Å². The van der Waals surface area contributed by atoms with E-state index in [0.29, 0.717) is 55.0 Å². The Labute approximate surface area is 253 Å². The Hall–Kier alpha value is -5.03. The molecule has 2 aromatic carbocycles. The molecule has 224 valence electrons. The lowest BCUT2D eigenvalue weighted by Crippen LogP contribution is -2.52. The number of methoxy groups -OCH3 is 2. The van der Waals surface area contributed by atoms with Crippen LogP contribution in [0.2, 0.25) is 0 Å². The standard InChI is InChI=1S/C33H31N5O6/c1-36-16-25(22-6-7-34-12-24(22)32(36)41)18-10-28(43-2)26(29(11-18)44-3)17-37-13-19-8-21-15-38(27-4-5-30(39)35-31(27)40)33(42)23(21)9-20(19)14-37/h6-12,16,27H,4-5,13-15,17H2,1-3H3,(H,35,39,40). The van der Waals surface area contributed by atoms with Crippen LogP contribution in [0, 0.1) is 0 Å². The van der Waals surface area contributed by atoms with Crippen molar-refractivity contribution in [3.63, 3.8) is 0 Å². The molecule has 0 radical (unpaired) electrons. The number of ether oxygens (including phenoxy) is 2. The number of piperidine rings is 1. The minimum absolute atomic E-state index is 0.114. The van der Waals surface area contributed by atoms with Gasteiger partial charge >= 0.3 is 0 Å². The van der Waals surface area contributed by atoms with Gasteiger partial charge in [0.05, 0.1) is 25.2 Å². The zero-order valence-corrected chi connectivity index (χ0v) is 24.7. The average Bonchev–Trinajstić information content (AvgIpc) is 3.56. The van der Waals surface area contributed by atoms with E-state index in [1.54, 1.807) is 43.1 Å². The minimum atomic E-state index is -0.628. The Morgan fingerprint density at radius 2 is 1.64 bits per heavy atom. The number of rotatable bonds is 6. The van der Waals surface area contributed by atoms with Gasteiger partial charge in [-0.15, -0.1) is 0 Å². The van der Waals surface area contributed by atoms with Crippen molar-refractivity contribution < 1.29 is 23.9 Å². The van der Waals surface area contributed by atoms with Gasteiger partial charge in [-0.2, -0.15) is 0 Å². The molecule has 0 aliphatic carbocycles. The van der Waals surface area contributed by atoms with Crippen molar-refractivity contribution >= 4 is 28.5 Å². The number of amides is 3. The normalized spacial score (nSPS) is 18.0. The zero-order valence-electron chi connectivity index (χ0n) is 24.7. The van der Waals surface area contributed by atoms with E-state index in [0.717, 1.165) is 38.8 Å². The molecule has 11 heteroatoms. The van der Waals surface area contributed by atoms with Crippen LogP contribution in [0.1, 0.15) is 45.5 Å². The van der Waals surface area contributed by atoms with Crippen molar-refractivity contribution in [2.45, 2.75) is 45.1 Å². The molecule has 7 rings (SSSR count). The minimum Gasteiger partial charge on any atom is -0.496 e. The number of aryl methyl sites for hydroxylation is 1. The van der Waals surface area contributed by atoms with Crippen LogP contribution in [0.5, 0.6) is 11.5 Å². The number of imide groups is 1. The number of nitrogens with one attached hydrogen (secondary N) is 1. The predicted octanol–water partition coefficient (Wildman–Crippen LogP) is 2.89. The van der Waals surface area contributed by atoms with E-state index >= 15 is 0 Å². The molecule has 0 bridgehead atoms. The Balaban J connectivity index is 1.15. The summed E-state index contributed by atoms with van der Waals surface area (Å²) in [5.74, 6) is 0.469. The van der Waals surface area contributed by atoms with Gasteiger partial charge in [-0.05, 0) is 58.3 Å². The lowest BCUT2D eigenvalue weighted by Gasteiger charge is -2.29. The number of carbonyl (C=O) groups excluding carboxylic acids is 3. The van der Waals surface area contributed by atoms with Crippen LogP contribution in [0.3, 0.4) is 0 Å². The lowest BCUT2D eigenvalue weighted by atomic mass is 9.99. The number of hydrogen-bond acceptors (Lipinski definition) is 8. The number of fused-ring (bicyclic) bond motifs is 3. The molecule has 0 saturated carbocycles. The second kappa shape index (κ2) is 10.6. The maximum absolute atomic E-state index is 13.3. The molecule has 1 saturated heterocycles. The Kier molecular flexibility index (Phi) is 6.69. The molecule has 1 unspecified atom stereocenters. The topological polar surface area (TPSA) is 123 Å². The highest BCUT2D eigenvalue weighted by atomic mass is 16.5. The summed E-state index contributed by atoms with van der Waals surface area (Å²) >= 11 is 0. The second-order valence-electron chi connectivity index (χ2n) is 11.6. The van der Waals surface area contributed by atoms with Crippen molar-refractivity contribution in [3.8, 4) is 22.6 Å².